The van der Waals surface area contributed by atoms with Gasteiger partial charge in [-0.25, -0.2) is 12.7 Å². The van der Waals surface area contributed by atoms with Crippen LogP contribution in [0.5, 0.6) is 0 Å². The van der Waals surface area contributed by atoms with E-state index in [4.69, 9.17) is 5.73 Å². The molecule has 1 heterocycles. The number of rotatable bonds is 4. The van der Waals surface area contributed by atoms with Crippen molar-refractivity contribution in [2.75, 3.05) is 32.1 Å². The van der Waals surface area contributed by atoms with Crippen molar-refractivity contribution in [3.05, 3.63) is 24.3 Å². The van der Waals surface area contributed by atoms with E-state index >= 15 is 0 Å². The Morgan fingerprint density at radius 3 is 2.60 bits per heavy atom. The summed E-state index contributed by atoms with van der Waals surface area (Å²) in [5.41, 5.74) is 6.63. The second-order valence-electron chi connectivity index (χ2n) is 5.52. The normalized spacial score (nSPS) is 23.6. The van der Waals surface area contributed by atoms with E-state index in [1.807, 2.05) is 12.1 Å². The quantitative estimate of drug-likeness (QED) is 0.904. The molecule has 6 heteroatoms. The van der Waals surface area contributed by atoms with Crippen LogP contribution in [0.2, 0.25) is 0 Å². The lowest BCUT2D eigenvalue weighted by molar-refractivity contribution is 0.512. The zero-order chi connectivity index (χ0) is 14.9. The molecule has 1 saturated heterocycles. The molecule has 0 aliphatic carbocycles. The maximum absolute atomic E-state index is 12.5. The van der Waals surface area contributed by atoms with E-state index in [1.165, 1.54) is 4.31 Å². The largest absolute Gasteiger partial charge is 0.366 e. The molecule has 0 aromatic heterocycles. The number of anilines is 1. The van der Waals surface area contributed by atoms with E-state index in [-0.39, 0.29) is 6.04 Å². The first-order chi connectivity index (χ1) is 9.39. The molecular weight excluding hydrogens is 274 g/mol. The van der Waals surface area contributed by atoms with Crippen LogP contribution in [0.15, 0.2) is 29.2 Å². The molecule has 112 valence electrons. The van der Waals surface area contributed by atoms with E-state index < -0.39 is 10.0 Å². The van der Waals surface area contributed by atoms with Crippen LogP contribution in [0.25, 0.3) is 0 Å². The van der Waals surface area contributed by atoms with Crippen molar-refractivity contribution in [1.29, 1.82) is 0 Å². The number of benzene rings is 1. The minimum absolute atomic E-state index is 0.202. The lowest BCUT2D eigenvalue weighted by Gasteiger charge is -2.30. The number of sulfonamides is 1. The first kappa shape index (κ1) is 15.3. The van der Waals surface area contributed by atoms with E-state index in [1.54, 1.807) is 26.2 Å². The Kier molecular flexibility index (Phi) is 4.36. The topological polar surface area (TPSA) is 66.6 Å². The number of para-hydroxylation sites is 1. The zero-order valence-corrected chi connectivity index (χ0v) is 13.1. The summed E-state index contributed by atoms with van der Waals surface area (Å²) in [5.74, 6) is 0.482. The summed E-state index contributed by atoms with van der Waals surface area (Å²) >= 11 is 0. The van der Waals surface area contributed by atoms with Gasteiger partial charge < -0.3 is 10.6 Å². The first-order valence-electron chi connectivity index (χ1n) is 6.88. The van der Waals surface area contributed by atoms with Crippen molar-refractivity contribution in [3.63, 3.8) is 0 Å². The smallest absolute Gasteiger partial charge is 0.244 e. The average Bonchev–Trinajstić information content (AvgIpc) is 2.79. The summed E-state index contributed by atoms with van der Waals surface area (Å²) in [5, 5.41) is 0. The minimum atomic E-state index is -3.44. The Labute approximate surface area is 121 Å². The SMILES string of the molecule is CC1CCN(c2ccccc2S(=O)(=O)N(C)C)C1CN. The summed E-state index contributed by atoms with van der Waals surface area (Å²) in [6, 6.07) is 7.38. The summed E-state index contributed by atoms with van der Waals surface area (Å²) in [6.45, 7) is 3.56. The fraction of sp³-hybridized carbons (Fsp3) is 0.571. The van der Waals surface area contributed by atoms with E-state index in [0.29, 0.717) is 17.4 Å². The fourth-order valence-corrected chi connectivity index (χ4v) is 3.87. The van der Waals surface area contributed by atoms with Crippen LogP contribution < -0.4 is 10.6 Å². The van der Waals surface area contributed by atoms with Crippen LogP contribution in [0, 0.1) is 5.92 Å². The maximum Gasteiger partial charge on any atom is 0.244 e. The van der Waals surface area contributed by atoms with Crippen molar-refractivity contribution in [2.24, 2.45) is 11.7 Å². The highest BCUT2D eigenvalue weighted by molar-refractivity contribution is 7.89. The van der Waals surface area contributed by atoms with Crippen molar-refractivity contribution >= 4 is 15.7 Å². The van der Waals surface area contributed by atoms with Crippen molar-refractivity contribution in [2.45, 2.75) is 24.3 Å². The molecule has 1 aromatic rings. The monoisotopic (exact) mass is 297 g/mol. The molecule has 2 rings (SSSR count). The van der Waals surface area contributed by atoms with Crippen LogP contribution in [0.1, 0.15) is 13.3 Å². The molecule has 2 unspecified atom stereocenters. The minimum Gasteiger partial charge on any atom is -0.366 e. The highest BCUT2D eigenvalue weighted by Gasteiger charge is 2.33. The van der Waals surface area contributed by atoms with Gasteiger partial charge in [0.1, 0.15) is 4.90 Å². The Hall–Kier alpha value is -1.11. The lowest BCUT2D eigenvalue weighted by atomic mass is 10.0. The van der Waals surface area contributed by atoms with Crippen LogP contribution in [0.4, 0.5) is 5.69 Å². The maximum atomic E-state index is 12.5. The summed E-state index contributed by atoms with van der Waals surface area (Å²) < 4.78 is 26.2. The second-order valence-corrected chi connectivity index (χ2v) is 7.64. The highest BCUT2D eigenvalue weighted by atomic mass is 32.2. The molecule has 2 N–H and O–H groups in total. The predicted molar refractivity (Wildman–Crippen MR) is 81.3 cm³/mol. The van der Waals surface area contributed by atoms with Gasteiger partial charge in [0.25, 0.3) is 0 Å². The Bertz CT molecular complexity index is 572. The summed E-state index contributed by atoms with van der Waals surface area (Å²) in [4.78, 5) is 2.50. The van der Waals surface area contributed by atoms with Gasteiger partial charge in [-0.05, 0) is 24.5 Å². The average molecular weight is 297 g/mol. The van der Waals surface area contributed by atoms with Crippen LogP contribution in [-0.4, -0.2) is 45.9 Å². The fourth-order valence-electron chi connectivity index (χ4n) is 2.78. The predicted octanol–water partition coefficient (Wildman–Crippen LogP) is 1.11. The van der Waals surface area contributed by atoms with Crippen molar-refractivity contribution in [1.82, 2.24) is 4.31 Å². The molecular formula is C14H23N3O2S. The molecule has 0 radical (unpaired) electrons. The van der Waals surface area contributed by atoms with Crippen LogP contribution in [-0.2, 0) is 10.0 Å². The van der Waals surface area contributed by atoms with Gasteiger partial charge in [-0.1, -0.05) is 19.1 Å². The van der Waals surface area contributed by atoms with Gasteiger partial charge in [0.05, 0.1) is 5.69 Å². The van der Waals surface area contributed by atoms with E-state index in [2.05, 4.69) is 11.8 Å². The van der Waals surface area contributed by atoms with Crippen LogP contribution in [0.3, 0.4) is 0 Å². The molecule has 1 aliphatic rings. The number of nitrogens with two attached hydrogens (primary N) is 1. The van der Waals surface area contributed by atoms with Gasteiger partial charge in [0.15, 0.2) is 0 Å². The molecule has 2 atom stereocenters. The van der Waals surface area contributed by atoms with Gasteiger partial charge >= 0.3 is 0 Å². The van der Waals surface area contributed by atoms with Gasteiger partial charge in [0, 0.05) is 33.2 Å². The Morgan fingerprint density at radius 2 is 2.00 bits per heavy atom. The van der Waals surface area contributed by atoms with E-state index in [9.17, 15) is 8.42 Å². The number of hydrogen-bond acceptors (Lipinski definition) is 4. The van der Waals surface area contributed by atoms with E-state index in [0.717, 1.165) is 18.7 Å². The van der Waals surface area contributed by atoms with Crippen molar-refractivity contribution < 1.29 is 8.42 Å². The Balaban J connectivity index is 2.49. The second kappa shape index (κ2) is 5.71. The summed E-state index contributed by atoms with van der Waals surface area (Å²) in [6.07, 6.45) is 1.04. The Morgan fingerprint density at radius 1 is 1.35 bits per heavy atom. The van der Waals surface area contributed by atoms with Gasteiger partial charge in [0.2, 0.25) is 10.0 Å². The summed E-state index contributed by atoms with van der Waals surface area (Å²) in [7, 11) is -0.334. The lowest BCUT2D eigenvalue weighted by Crippen LogP contribution is -2.39. The molecule has 1 aliphatic heterocycles. The number of nitrogens with zero attached hydrogens (tertiary/aromatic N) is 2. The number of hydrogen-bond donors (Lipinski definition) is 1. The third-order valence-electron chi connectivity index (χ3n) is 4.06. The van der Waals surface area contributed by atoms with Gasteiger partial charge in [-0.3, -0.25) is 0 Å². The molecule has 5 nitrogen and oxygen atoms in total. The molecule has 0 amide bonds. The third-order valence-corrected chi connectivity index (χ3v) is 5.92. The molecule has 1 aromatic carbocycles. The third kappa shape index (κ3) is 2.55. The molecule has 0 spiro atoms. The first-order valence-corrected chi connectivity index (χ1v) is 8.32. The molecule has 0 saturated carbocycles. The van der Waals surface area contributed by atoms with Crippen molar-refractivity contribution in [3.8, 4) is 0 Å². The van der Waals surface area contributed by atoms with Gasteiger partial charge in [-0.15, -0.1) is 0 Å². The van der Waals surface area contributed by atoms with Crippen LogP contribution >= 0.6 is 0 Å². The molecule has 1 fully saturated rings. The zero-order valence-electron chi connectivity index (χ0n) is 12.3. The molecule has 0 bridgehead atoms. The highest BCUT2D eigenvalue weighted by Crippen LogP contribution is 2.34. The van der Waals surface area contributed by atoms with Gasteiger partial charge in [-0.2, -0.15) is 0 Å². The standard InChI is InChI=1S/C14H23N3O2S/c1-11-8-9-17(13(11)10-15)12-6-4-5-7-14(12)20(18,19)16(2)3/h4-7,11,13H,8-10,15H2,1-3H3. The molecule has 20 heavy (non-hydrogen) atoms.